The number of nitrogens with zero attached hydrogens (tertiary/aromatic N) is 3. The van der Waals surface area contributed by atoms with Gasteiger partial charge in [-0.2, -0.15) is 0 Å². The smallest absolute Gasteiger partial charge is 0.138 e. The molecule has 1 rings (SSSR count). The predicted molar refractivity (Wildman–Crippen MR) is 53.6 cm³/mol. The first-order valence-corrected chi connectivity index (χ1v) is 4.79. The zero-order valence-corrected chi connectivity index (χ0v) is 9.20. The lowest BCUT2D eigenvalue weighted by Crippen LogP contribution is -2.20. The molecule has 0 atom stereocenters. The SMILES string of the molecule is CC(C)Cn1cnnc1C(C)(C)C. The van der Waals surface area contributed by atoms with E-state index in [-0.39, 0.29) is 5.41 Å². The molecule has 74 valence electrons. The fourth-order valence-corrected chi connectivity index (χ4v) is 1.36. The van der Waals surface area contributed by atoms with Gasteiger partial charge in [0, 0.05) is 12.0 Å². The summed E-state index contributed by atoms with van der Waals surface area (Å²) < 4.78 is 2.14. The summed E-state index contributed by atoms with van der Waals surface area (Å²) in [5.74, 6) is 1.71. The molecule has 0 aromatic carbocycles. The molecule has 1 heterocycles. The highest BCUT2D eigenvalue weighted by Gasteiger charge is 2.20. The molecule has 0 unspecified atom stereocenters. The second kappa shape index (κ2) is 3.48. The van der Waals surface area contributed by atoms with Crippen LogP contribution in [0.5, 0.6) is 0 Å². The van der Waals surface area contributed by atoms with Crippen LogP contribution in [0.3, 0.4) is 0 Å². The first-order chi connectivity index (χ1) is 5.91. The molecule has 0 saturated carbocycles. The highest BCUT2D eigenvalue weighted by Crippen LogP contribution is 2.19. The van der Waals surface area contributed by atoms with E-state index in [2.05, 4.69) is 49.4 Å². The van der Waals surface area contributed by atoms with Crippen molar-refractivity contribution in [1.29, 1.82) is 0 Å². The molecule has 0 N–H and O–H groups in total. The molecule has 0 aliphatic rings. The minimum atomic E-state index is 0.0887. The average molecular weight is 181 g/mol. The number of rotatable bonds is 2. The van der Waals surface area contributed by atoms with Gasteiger partial charge in [-0.3, -0.25) is 0 Å². The average Bonchev–Trinajstić information content (AvgIpc) is 2.31. The summed E-state index contributed by atoms with van der Waals surface area (Å²) in [7, 11) is 0. The first kappa shape index (κ1) is 10.2. The maximum absolute atomic E-state index is 4.15. The highest BCUT2D eigenvalue weighted by atomic mass is 15.3. The van der Waals surface area contributed by atoms with Gasteiger partial charge in [0.1, 0.15) is 12.2 Å². The molecule has 3 heteroatoms. The topological polar surface area (TPSA) is 30.7 Å². The third-order valence-electron chi connectivity index (χ3n) is 1.85. The van der Waals surface area contributed by atoms with Gasteiger partial charge >= 0.3 is 0 Å². The zero-order chi connectivity index (χ0) is 10.1. The van der Waals surface area contributed by atoms with Crippen LogP contribution in [-0.4, -0.2) is 14.8 Å². The van der Waals surface area contributed by atoms with Gasteiger partial charge in [0.15, 0.2) is 0 Å². The lowest BCUT2D eigenvalue weighted by molar-refractivity contribution is 0.451. The van der Waals surface area contributed by atoms with Gasteiger partial charge in [-0.15, -0.1) is 10.2 Å². The van der Waals surface area contributed by atoms with Crippen LogP contribution in [-0.2, 0) is 12.0 Å². The van der Waals surface area contributed by atoms with E-state index in [1.165, 1.54) is 0 Å². The van der Waals surface area contributed by atoms with Crippen molar-refractivity contribution in [2.75, 3.05) is 0 Å². The van der Waals surface area contributed by atoms with Crippen LogP contribution in [0.15, 0.2) is 6.33 Å². The lowest BCUT2D eigenvalue weighted by Gasteiger charge is -2.19. The molecule has 1 aromatic rings. The van der Waals surface area contributed by atoms with Gasteiger partial charge in [0.2, 0.25) is 0 Å². The van der Waals surface area contributed by atoms with Crippen LogP contribution in [0.4, 0.5) is 0 Å². The molecular weight excluding hydrogens is 162 g/mol. The van der Waals surface area contributed by atoms with Gasteiger partial charge in [-0.05, 0) is 5.92 Å². The molecule has 0 bridgehead atoms. The molecular formula is C10H19N3. The van der Waals surface area contributed by atoms with E-state index in [9.17, 15) is 0 Å². The minimum absolute atomic E-state index is 0.0887. The first-order valence-electron chi connectivity index (χ1n) is 4.79. The second-order valence-electron chi connectivity index (χ2n) is 4.95. The van der Waals surface area contributed by atoms with E-state index >= 15 is 0 Å². The summed E-state index contributed by atoms with van der Waals surface area (Å²) in [6.07, 6.45) is 1.82. The van der Waals surface area contributed by atoms with Crippen LogP contribution in [0, 0.1) is 5.92 Å². The van der Waals surface area contributed by atoms with Crippen molar-refractivity contribution in [3.8, 4) is 0 Å². The van der Waals surface area contributed by atoms with Crippen molar-refractivity contribution >= 4 is 0 Å². The van der Waals surface area contributed by atoms with Crippen molar-refractivity contribution in [3.63, 3.8) is 0 Å². The molecule has 0 spiro atoms. The Bertz CT molecular complexity index is 268. The summed E-state index contributed by atoms with van der Waals surface area (Å²) in [6, 6.07) is 0. The number of aromatic nitrogens is 3. The fraction of sp³-hybridized carbons (Fsp3) is 0.800. The Morgan fingerprint density at radius 2 is 2.00 bits per heavy atom. The minimum Gasteiger partial charge on any atom is -0.317 e. The zero-order valence-electron chi connectivity index (χ0n) is 9.20. The van der Waals surface area contributed by atoms with Crippen molar-refractivity contribution in [2.24, 2.45) is 5.92 Å². The van der Waals surface area contributed by atoms with E-state index in [1.807, 2.05) is 6.33 Å². The Morgan fingerprint density at radius 1 is 1.38 bits per heavy atom. The quantitative estimate of drug-likeness (QED) is 0.700. The molecule has 13 heavy (non-hydrogen) atoms. The van der Waals surface area contributed by atoms with E-state index in [4.69, 9.17) is 0 Å². The van der Waals surface area contributed by atoms with Gasteiger partial charge < -0.3 is 4.57 Å². The maximum atomic E-state index is 4.15. The van der Waals surface area contributed by atoms with Crippen LogP contribution < -0.4 is 0 Å². The van der Waals surface area contributed by atoms with Crippen LogP contribution >= 0.6 is 0 Å². The monoisotopic (exact) mass is 181 g/mol. The van der Waals surface area contributed by atoms with Crippen molar-refractivity contribution in [3.05, 3.63) is 12.2 Å². The van der Waals surface area contributed by atoms with E-state index in [0.717, 1.165) is 12.4 Å². The van der Waals surface area contributed by atoms with Gasteiger partial charge in [-0.25, -0.2) is 0 Å². The third kappa shape index (κ3) is 2.54. The fourth-order valence-electron chi connectivity index (χ4n) is 1.36. The van der Waals surface area contributed by atoms with Gasteiger partial charge in [0.05, 0.1) is 0 Å². The largest absolute Gasteiger partial charge is 0.317 e. The Balaban J connectivity index is 2.90. The normalized spacial score (nSPS) is 12.5. The van der Waals surface area contributed by atoms with Crippen LogP contribution in [0.25, 0.3) is 0 Å². The molecule has 0 aliphatic heterocycles. The summed E-state index contributed by atoms with van der Waals surface area (Å²) >= 11 is 0. The van der Waals surface area contributed by atoms with E-state index < -0.39 is 0 Å². The summed E-state index contributed by atoms with van der Waals surface area (Å²) in [5, 5.41) is 8.11. The highest BCUT2D eigenvalue weighted by molar-refractivity contribution is 5.01. The Hall–Kier alpha value is -0.860. The second-order valence-corrected chi connectivity index (χ2v) is 4.95. The summed E-state index contributed by atoms with van der Waals surface area (Å²) in [6.45, 7) is 11.9. The summed E-state index contributed by atoms with van der Waals surface area (Å²) in [4.78, 5) is 0. The van der Waals surface area contributed by atoms with Crippen molar-refractivity contribution < 1.29 is 0 Å². The number of hydrogen-bond donors (Lipinski definition) is 0. The third-order valence-corrected chi connectivity index (χ3v) is 1.85. The standard InChI is InChI=1S/C10H19N3/c1-8(2)6-13-7-11-12-9(13)10(3,4)5/h7-8H,6H2,1-5H3. The molecule has 0 radical (unpaired) electrons. The van der Waals surface area contributed by atoms with Gasteiger partial charge in [0.25, 0.3) is 0 Å². The van der Waals surface area contributed by atoms with Crippen LogP contribution in [0.2, 0.25) is 0 Å². The lowest BCUT2D eigenvalue weighted by atomic mass is 9.95. The van der Waals surface area contributed by atoms with Crippen molar-refractivity contribution in [1.82, 2.24) is 14.8 Å². The molecule has 3 nitrogen and oxygen atoms in total. The van der Waals surface area contributed by atoms with E-state index in [0.29, 0.717) is 5.92 Å². The molecule has 0 saturated heterocycles. The van der Waals surface area contributed by atoms with Crippen molar-refractivity contribution in [2.45, 2.75) is 46.6 Å². The summed E-state index contributed by atoms with van der Waals surface area (Å²) in [5.41, 5.74) is 0.0887. The molecule has 0 fully saturated rings. The molecule has 1 aromatic heterocycles. The molecule has 0 aliphatic carbocycles. The predicted octanol–water partition coefficient (Wildman–Crippen LogP) is 2.23. The van der Waals surface area contributed by atoms with Gasteiger partial charge in [-0.1, -0.05) is 34.6 Å². The van der Waals surface area contributed by atoms with E-state index in [1.54, 1.807) is 0 Å². The molecule has 0 amide bonds. The maximum Gasteiger partial charge on any atom is 0.138 e. The van der Waals surface area contributed by atoms with Crippen LogP contribution in [0.1, 0.15) is 40.4 Å². The Kier molecular flexibility index (Phi) is 2.74. The Labute approximate surface area is 80.2 Å². The Morgan fingerprint density at radius 3 is 2.46 bits per heavy atom. The number of hydrogen-bond acceptors (Lipinski definition) is 2.